The van der Waals surface area contributed by atoms with Gasteiger partial charge in [0.25, 0.3) is 5.91 Å². The van der Waals surface area contributed by atoms with Crippen LogP contribution in [-0.4, -0.2) is 30.7 Å². The Kier molecular flexibility index (Phi) is 7.66. The molecule has 0 spiro atoms. The lowest BCUT2D eigenvalue weighted by molar-refractivity contribution is -0.112. The van der Waals surface area contributed by atoms with E-state index in [1.165, 1.54) is 6.20 Å². The smallest absolute Gasteiger partial charge is 0.407 e. The Bertz CT molecular complexity index is 727. The number of hydrogen-bond acceptors (Lipinski definition) is 5. The Labute approximate surface area is 154 Å². The summed E-state index contributed by atoms with van der Waals surface area (Å²) in [5, 5.41) is 17.3. The van der Waals surface area contributed by atoms with E-state index in [0.717, 1.165) is 11.1 Å². The highest BCUT2D eigenvalue weighted by molar-refractivity contribution is 6.06. The van der Waals surface area contributed by atoms with Gasteiger partial charge in [-0.1, -0.05) is 17.7 Å². The maximum absolute atomic E-state index is 12.2. The molecule has 26 heavy (non-hydrogen) atoms. The van der Waals surface area contributed by atoms with Crippen molar-refractivity contribution in [3.05, 3.63) is 41.1 Å². The highest BCUT2D eigenvalue weighted by Gasteiger charge is 2.15. The van der Waals surface area contributed by atoms with Crippen LogP contribution in [0.4, 0.5) is 10.5 Å². The van der Waals surface area contributed by atoms with E-state index in [9.17, 15) is 9.59 Å². The first kappa shape index (κ1) is 21.0. The number of carbonyl (C=O) groups is 2. The van der Waals surface area contributed by atoms with Crippen molar-refractivity contribution in [1.82, 2.24) is 10.6 Å². The zero-order valence-electron chi connectivity index (χ0n) is 15.9. The number of benzene rings is 1. The molecule has 0 unspecified atom stereocenters. The van der Waals surface area contributed by atoms with Gasteiger partial charge in [-0.3, -0.25) is 4.79 Å². The summed E-state index contributed by atoms with van der Waals surface area (Å²) >= 11 is 0. The van der Waals surface area contributed by atoms with Gasteiger partial charge < -0.3 is 20.7 Å². The summed E-state index contributed by atoms with van der Waals surface area (Å²) in [4.78, 5) is 23.7. The van der Waals surface area contributed by atoms with Gasteiger partial charge in [0, 0.05) is 25.0 Å². The van der Waals surface area contributed by atoms with Crippen molar-refractivity contribution < 1.29 is 14.3 Å². The molecule has 0 heterocycles. The van der Waals surface area contributed by atoms with E-state index in [4.69, 9.17) is 10.00 Å². The van der Waals surface area contributed by atoms with Gasteiger partial charge in [0.05, 0.1) is 0 Å². The molecule has 2 amide bonds. The first-order valence-corrected chi connectivity index (χ1v) is 8.31. The van der Waals surface area contributed by atoms with E-state index in [0.29, 0.717) is 18.8 Å². The Morgan fingerprint density at radius 1 is 1.23 bits per heavy atom. The lowest BCUT2D eigenvalue weighted by atomic mass is 10.1. The average Bonchev–Trinajstić information content (AvgIpc) is 2.51. The molecular weight excluding hydrogens is 332 g/mol. The van der Waals surface area contributed by atoms with Crippen LogP contribution in [0.1, 0.15) is 31.9 Å². The molecular formula is C19H26N4O3. The Hall–Kier alpha value is -3.01. The molecule has 1 aromatic carbocycles. The molecule has 0 radical (unpaired) electrons. The second kappa shape index (κ2) is 9.47. The molecule has 0 bridgehead atoms. The third-order valence-corrected chi connectivity index (χ3v) is 3.18. The molecule has 0 aliphatic rings. The van der Waals surface area contributed by atoms with E-state index >= 15 is 0 Å². The Morgan fingerprint density at radius 3 is 2.50 bits per heavy atom. The van der Waals surface area contributed by atoms with Crippen molar-refractivity contribution in [2.24, 2.45) is 0 Å². The molecule has 1 aromatic rings. The van der Waals surface area contributed by atoms with Crippen molar-refractivity contribution in [2.75, 3.05) is 18.4 Å². The van der Waals surface area contributed by atoms with Crippen LogP contribution in [0.5, 0.6) is 0 Å². The zero-order chi connectivity index (χ0) is 19.7. The summed E-state index contributed by atoms with van der Waals surface area (Å²) < 4.78 is 5.10. The number of amides is 2. The van der Waals surface area contributed by atoms with Crippen LogP contribution in [0.2, 0.25) is 0 Å². The van der Waals surface area contributed by atoms with Crippen molar-refractivity contribution in [3.63, 3.8) is 0 Å². The van der Waals surface area contributed by atoms with Gasteiger partial charge in [-0.2, -0.15) is 5.26 Å². The highest BCUT2D eigenvalue weighted by Crippen LogP contribution is 2.16. The topological polar surface area (TPSA) is 103 Å². The zero-order valence-corrected chi connectivity index (χ0v) is 15.9. The second-order valence-electron chi connectivity index (χ2n) is 6.83. The minimum Gasteiger partial charge on any atom is -0.444 e. The SMILES string of the molecule is Cc1ccc(NC(=O)/C(C#N)=C\NCCNC(=O)OC(C)(C)C)c(C)c1. The van der Waals surface area contributed by atoms with Crippen LogP contribution in [0.25, 0.3) is 0 Å². The molecule has 3 N–H and O–H groups in total. The number of hydrogen-bond donors (Lipinski definition) is 3. The third-order valence-electron chi connectivity index (χ3n) is 3.18. The lowest BCUT2D eigenvalue weighted by Crippen LogP contribution is -2.35. The molecule has 0 aliphatic carbocycles. The molecule has 140 valence electrons. The number of aryl methyl sites for hydroxylation is 2. The number of nitrogens with one attached hydrogen (secondary N) is 3. The summed E-state index contributed by atoms with van der Waals surface area (Å²) in [6.45, 7) is 9.83. The summed E-state index contributed by atoms with van der Waals surface area (Å²) in [6, 6.07) is 7.50. The van der Waals surface area contributed by atoms with Gasteiger partial charge >= 0.3 is 6.09 Å². The molecule has 0 saturated heterocycles. The lowest BCUT2D eigenvalue weighted by Gasteiger charge is -2.19. The van der Waals surface area contributed by atoms with Crippen LogP contribution in [0.15, 0.2) is 30.0 Å². The van der Waals surface area contributed by atoms with E-state index in [1.807, 2.05) is 32.0 Å². The summed E-state index contributed by atoms with van der Waals surface area (Å²) in [5.74, 6) is -0.493. The number of nitriles is 1. The van der Waals surface area contributed by atoms with Crippen molar-refractivity contribution in [1.29, 1.82) is 5.26 Å². The van der Waals surface area contributed by atoms with Crippen molar-refractivity contribution in [3.8, 4) is 6.07 Å². The first-order valence-electron chi connectivity index (χ1n) is 8.31. The number of anilines is 1. The second-order valence-corrected chi connectivity index (χ2v) is 6.83. The van der Waals surface area contributed by atoms with E-state index in [1.54, 1.807) is 26.8 Å². The van der Waals surface area contributed by atoms with Gasteiger partial charge in [-0.25, -0.2) is 4.79 Å². The largest absolute Gasteiger partial charge is 0.444 e. The van der Waals surface area contributed by atoms with Crippen molar-refractivity contribution >= 4 is 17.7 Å². The molecule has 7 nitrogen and oxygen atoms in total. The number of carbonyl (C=O) groups excluding carboxylic acids is 2. The molecule has 0 saturated carbocycles. The van der Waals surface area contributed by atoms with Crippen LogP contribution >= 0.6 is 0 Å². The molecule has 0 fully saturated rings. The van der Waals surface area contributed by atoms with E-state index in [-0.39, 0.29) is 5.57 Å². The van der Waals surface area contributed by atoms with E-state index in [2.05, 4.69) is 16.0 Å². The van der Waals surface area contributed by atoms with Crippen molar-refractivity contribution in [2.45, 2.75) is 40.2 Å². The Morgan fingerprint density at radius 2 is 1.92 bits per heavy atom. The number of nitrogens with zero attached hydrogens (tertiary/aromatic N) is 1. The fourth-order valence-corrected chi connectivity index (χ4v) is 2.02. The van der Waals surface area contributed by atoms with Crippen LogP contribution in [0.3, 0.4) is 0 Å². The number of rotatable bonds is 6. The fraction of sp³-hybridized carbons (Fsp3) is 0.421. The van der Waals surface area contributed by atoms with Crippen LogP contribution in [-0.2, 0) is 9.53 Å². The normalized spacial score (nSPS) is 11.3. The number of ether oxygens (including phenoxy) is 1. The van der Waals surface area contributed by atoms with Crippen LogP contribution < -0.4 is 16.0 Å². The van der Waals surface area contributed by atoms with Gasteiger partial charge in [0.1, 0.15) is 17.2 Å². The summed E-state index contributed by atoms with van der Waals surface area (Å²) in [5.41, 5.74) is 2.06. The monoisotopic (exact) mass is 358 g/mol. The molecule has 7 heteroatoms. The van der Waals surface area contributed by atoms with Gasteiger partial charge in [-0.15, -0.1) is 0 Å². The predicted octanol–water partition coefficient (Wildman–Crippen LogP) is 2.76. The standard InChI is InChI=1S/C19H26N4O3/c1-13-6-7-16(14(2)10-13)23-17(24)15(11-20)12-21-8-9-22-18(25)26-19(3,4)5/h6-7,10,12,21H,8-9H2,1-5H3,(H,22,25)(H,23,24)/b15-12-. The highest BCUT2D eigenvalue weighted by atomic mass is 16.6. The van der Waals surface area contributed by atoms with Gasteiger partial charge in [0.2, 0.25) is 0 Å². The summed E-state index contributed by atoms with van der Waals surface area (Å²) in [6.07, 6.45) is 0.812. The third kappa shape index (κ3) is 7.71. The Balaban J connectivity index is 2.48. The van der Waals surface area contributed by atoms with Gasteiger partial charge in [0.15, 0.2) is 0 Å². The minimum atomic E-state index is -0.558. The maximum atomic E-state index is 12.2. The minimum absolute atomic E-state index is 0.0535. The molecule has 0 aliphatic heterocycles. The summed E-state index contributed by atoms with van der Waals surface area (Å²) in [7, 11) is 0. The first-order chi connectivity index (χ1) is 12.1. The maximum Gasteiger partial charge on any atom is 0.407 e. The number of alkyl carbamates (subject to hydrolysis) is 1. The average molecular weight is 358 g/mol. The fourth-order valence-electron chi connectivity index (χ4n) is 2.02. The quantitative estimate of drug-likeness (QED) is 0.412. The predicted molar refractivity (Wildman–Crippen MR) is 100 cm³/mol. The van der Waals surface area contributed by atoms with Crippen LogP contribution in [0, 0.1) is 25.2 Å². The molecule has 0 aromatic heterocycles. The van der Waals surface area contributed by atoms with E-state index < -0.39 is 17.6 Å². The molecule has 1 rings (SSSR count). The molecule has 0 atom stereocenters. The van der Waals surface area contributed by atoms with Gasteiger partial charge in [-0.05, 0) is 46.2 Å².